The molecule has 0 saturated carbocycles. The maximum Gasteiger partial charge on any atom is 0.416 e. The molecule has 1 rings (SSSR count). The van der Waals surface area contributed by atoms with Crippen LogP contribution in [-0.2, 0) is 6.18 Å². The fourth-order valence-corrected chi connectivity index (χ4v) is 0.910. The van der Waals surface area contributed by atoms with Crippen molar-refractivity contribution in [1.29, 1.82) is 0 Å². The quantitative estimate of drug-likeness (QED) is 0.382. The van der Waals surface area contributed by atoms with Gasteiger partial charge in [0.1, 0.15) is 0 Å². The number of urea groups is 1. The number of carbonyl (C=O) groups excluding carboxylic acids is 1. The number of carbonyl (C=O) groups is 1. The second kappa shape index (κ2) is 4.18. The van der Waals surface area contributed by atoms with Crippen LogP contribution in [0.5, 0.6) is 0 Å². The number of hydrogen-bond donors (Lipinski definition) is 3. The minimum atomic E-state index is -4.38. The number of benzene rings is 1. The third-order valence-electron chi connectivity index (χ3n) is 1.60. The van der Waals surface area contributed by atoms with Gasteiger partial charge in [-0.05, 0) is 24.3 Å². The van der Waals surface area contributed by atoms with Gasteiger partial charge in [-0.25, -0.2) is 10.6 Å². The van der Waals surface area contributed by atoms with Crippen LogP contribution in [0.15, 0.2) is 24.3 Å². The van der Waals surface area contributed by atoms with Crippen molar-refractivity contribution in [1.82, 2.24) is 5.43 Å². The van der Waals surface area contributed by atoms with Gasteiger partial charge in [-0.3, -0.25) is 5.43 Å². The van der Waals surface area contributed by atoms with Crippen molar-refractivity contribution in [2.75, 3.05) is 5.32 Å². The van der Waals surface area contributed by atoms with Gasteiger partial charge in [-0.15, -0.1) is 0 Å². The molecule has 0 aromatic heterocycles. The van der Waals surface area contributed by atoms with Crippen LogP contribution < -0.4 is 16.6 Å². The molecule has 0 aliphatic carbocycles. The van der Waals surface area contributed by atoms with Crippen LogP contribution in [0.2, 0.25) is 0 Å². The Morgan fingerprint density at radius 2 is 1.73 bits per heavy atom. The third-order valence-corrected chi connectivity index (χ3v) is 1.60. The molecule has 0 spiro atoms. The van der Waals surface area contributed by atoms with E-state index < -0.39 is 17.8 Å². The monoisotopic (exact) mass is 219 g/mol. The molecule has 0 aliphatic heterocycles. The van der Waals surface area contributed by atoms with Crippen molar-refractivity contribution in [3.05, 3.63) is 29.8 Å². The lowest BCUT2D eigenvalue weighted by Crippen LogP contribution is -2.34. The molecule has 0 saturated heterocycles. The number of hydrazine groups is 1. The van der Waals surface area contributed by atoms with E-state index in [0.717, 1.165) is 24.3 Å². The van der Waals surface area contributed by atoms with Crippen LogP contribution in [0, 0.1) is 0 Å². The first kappa shape index (κ1) is 11.3. The fourth-order valence-electron chi connectivity index (χ4n) is 0.910. The topological polar surface area (TPSA) is 67.1 Å². The molecule has 7 heteroatoms. The second-order valence-electron chi connectivity index (χ2n) is 2.67. The highest BCUT2D eigenvalue weighted by atomic mass is 19.4. The Hall–Kier alpha value is -1.76. The van der Waals surface area contributed by atoms with E-state index in [-0.39, 0.29) is 5.69 Å². The number of rotatable bonds is 1. The van der Waals surface area contributed by atoms with E-state index >= 15 is 0 Å². The standard InChI is InChI=1S/C8H8F3N3O/c9-8(10,11)5-1-3-6(4-2-5)13-7(15)14-12/h1-4H,12H2,(H2,13,14,15). The molecule has 0 fully saturated rings. The van der Waals surface area contributed by atoms with Crippen molar-refractivity contribution in [3.63, 3.8) is 0 Å². The molecule has 15 heavy (non-hydrogen) atoms. The van der Waals surface area contributed by atoms with Gasteiger partial charge in [-0.1, -0.05) is 0 Å². The molecule has 82 valence electrons. The van der Waals surface area contributed by atoms with E-state index in [1.54, 1.807) is 5.43 Å². The summed E-state index contributed by atoms with van der Waals surface area (Å²) in [6.07, 6.45) is -4.38. The number of alkyl halides is 3. The minimum Gasteiger partial charge on any atom is -0.307 e. The van der Waals surface area contributed by atoms with Gasteiger partial charge in [0.2, 0.25) is 0 Å². The summed E-state index contributed by atoms with van der Waals surface area (Å²) < 4.78 is 36.4. The number of anilines is 1. The Bertz CT molecular complexity index is 347. The number of nitrogens with two attached hydrogens (primary N) is 1. The lowest BCUT2D eigenvalue weighted by Gasteiger charge is -2.08. The summed E-state index contributed by atoms with van der Waals surface area (Å²) >= 11 is 0. The zero-order chi connectivity index (χ0) is 11.5. The summed E-state index contributed by atoms with van der Waals surface area (Å²) in [5, 5.41) is 2.23. The normalized spacial score (nSPS) is 10.9. The van der Waals surface area contributed by atoms with Gasteiger partial charge in [-0.2, -0.15) is 13.2 Å². The molecular weight excluding hydrogens is 211 g/mol. The first-order valence-electron chi connectivity index (χ1n) is 3.88. The highest BCUT2D eigenvalue weighted by Gasteiger charge is 2.29. The van der Waals surface area contributed by atoms with Gasteiger partial charge in [0.05, 0.1) is 5.56 Å². The fraction of sp³-hybridized carbons (Fsp3) is 0.125. The van der Waals surface area contributed by atoms with E-state index in [0.29, 0.717) is 0 Å². The molecule has 0 atom stereocenters. The zero-order valence-corrected chi connectivity index (χ0v) is 7.43. The van der Waals surface area contributed by atoms with Crippen LogP contribution in [-0.4, -0.2) is 6.03 Å². The van der Waals surface area contributed by atoms with Crippen molar-refractivity contribution in [2.24, 2.45) is 5.84 Å². The molecule has 0 heterocycles. The number of nitrogens with one attached hydrogen (secondary N) is 2. The Balaban J connectivity index is 2.77. The molecule has 4 N–H and O–H groups in total. The van der Waals surface area contributed by atoms with E-state index in [1.807, 2.05) is 0 Å². The van der Waals surface area contributed by atoms with Crippen molar-refractivity contribution in [3.8, 4) is 0 Å². The molecule has 0 unspecified atom stereocenters. The summed E-state index contributed by atoms with van der Waals surface area (Å²) in [6.45, 7) is 0. The summed E-state index contributed by atoms with van der Waals surface area (Å²) in [6, 6.07) is 3.31. The maximum atomic E-state index is 12.1. The molecule has 0 aliphatic rings. The lowest BCUT2D eigenvalue weighted by atomic mass is 10.2. The van der Waals surface area contributed by atoms with E-state index in [9.17, 15) is 18.0 Å². The minimum absolute atomic E-state index is 0.228. The van der Waals surface area contributed by atoms with Gasteiger partial charge >= 0.3 is 12.2 Å². The summed E-state index contributed by atoms with van der Waals surface area (Å²) in [4.78, 5) is 10.7. The zero-order valence-electron chi connectivity index (χ0n) is 7.43. The SMILES string of the molecule is NNC(=O)Nc1ccc(C(F)(F)F)cc1. The Morgan fingerprint density at radius 3 is 2.13 bits per heavy atom. The van der Waals surface area contributed by atoms with Gasteiger partial charge < -0.3 is 5.32 Å². The van der Waals surface area contributed by atoms with Crippen LogP contribution in [0.4, 0.5) is 23.7 Å². The maximum absolute atomic E-state index is 12.1. The Morgan fingerprint density at radius 1 is 1.20 bits per heavy atom. The first-order chi connectivity index (χ1) is 6.93. The van der Waals surface area contributed by atoms with Crippen LogP contribution in [0.25, 0.3) is 0 Å². The van der Waals surface area contributed by atoms with Gasteiger partial charge in [0.15, 0.2) is 0 Å². The van der Waals surface area contributed by atoms with E-state index in [1.165, 1.54) is 0 Å². The molecule has 1 aromatic carbocycles. The molecule has 4 nitrogen and oxygen atoms in total. The van der Waals surface area contributed by atoms with Gasteiger partial charge in [0.25, 0.3) is 0 Å². The summed E-state index contributed by atoms with van der Waals surface area (Å²) in [5.74, 6) is 4.78. The predicted octanol–water partition coefficient (Wildman–Crippen LogP) is 1.70. The largest absolute Gasteiger partial charge is 0.416 e. The van der Waals surface area contributed by atoms with Crippen molar-refractivity contribution in [2.45, 2.75) is 6.18 Å². The Labute approximate surface area is 83.2 Å². The Kier molecular flexibility index (Phi) is 3.15. The number of amides is 2. The first-order valence-corrected chi connectivity index (χ1v) is 3.88. The smallest absolute Gasteiger partial charge is 0.307 e. The number of hydrogen-bond acceptors (Lipinski definition) is 2. The van der Waals surface area contributed by atoms with Crippen LogP contribution in [0.1, 0.15) is 5.56 Å². The highest BCUT2D eigenvalue weighted by molar-refractivity contribution is 5.88. The summed E-state index contributed by atoms with van der Waals surface area (Å²) in [5.41, 5.74) is 1.24. The molecular formula is C8H8F3N3O. The third kappa shape index (κ3) is 3.13. The average molecular weight is 219 g/mol. The highest BCUT2D eigenvalue weighted by Crippen LogP contribution is 2.29. The summed E-state index contributed by atoms with van der Waals surface area (Å²) in [7, 11) is 0. The molecule has 1 aromatic rings. The second-order valence-corrected chi connectivity index (χ2v) is 2.67. The molecule has 0 bridgehead atoms. The predicted molar refractivity (Wildman–Crippen MR) is 47.8 cm³/mol. The molecule has 2 amide bonds. The van der Waals surface area contributed by atoms with Crippen molar-refractivity contribution >= 4 is 11.7 Å². The van der Waals surface area contributed by atoms with E-state index in [2.05, 4.69) is 5.32 Å². The lowest BCUT2D eigenvalue weighted by molar-refractivity contribution is -0.137. The van der Waals surface area contributed by atoms with Crippen LogP contribution in [0.3, 0.4) is 0 Å². The van der Waals surface area contributed by atoms with Gasteiger partial charge in [0, 0.05) is 5.69 Å². The average Bonchev–Trinajstić information content (AvgIpc) is 2.17. The van der Waals surface area contributed by atoms with E-state index in [4.69, 9.17) is 5.84 Å². The molecule has 0 radical (unpaired) electrons. The van der Waals surface area contributed by atoms with Crippen molar-refractivity contribution < 1.29 is 18.0 Å². The number of halogens is 3. The van der Waals surface area contributed by atoms with Crippen LogP contribution >= 0.6 is 0 Å².